The second-order valence-electron chi connectivity index (χ2n) is 5.97. The van der Waals surface area contributed by atoms with E-state index >= 15 is 0 Å². The molecule has 1 aliphatic rings. The van der Waals surface area contributed by atoms with Crippen LogP contribution in [-0.2, 0) is 0 Å². The Bertz CT molecular complexity index is 419. The predicted octanol–water partition coefficient (Wildman–Crippen LogP) is 3.36. The third-order valence-corrected chi connectivity index (χ3v) is 4.82. The van der Waals surface area contributed by atoms with Gasteiger partial charge in [-0.2, -0.15) is 0 Å². The van der Waals surface area contributed by atoms with E-state index < -0.39 is 0 Å². The molecular formula is C17H27ClN2O. The van der Waals surface area contributed by atoms with Crippen LogP contribution in [0.15, 0.2) is 24.3 Å². The fourth-order valence-electron chi connectivity index (χ4n) is 3.09. The number of hydrogen-bond acceptors (Lipinski definition) is 3. The van der Waals surface area contributed by atoms with Gasteiger partial charge in [0.05, 0.1) is 6.04 Å². The smallest absolute Gasteiger partial charge is 0.0502 e. The van der Waals surface area contributed by atoms with E-state index in [2.05, 4.69) is 24.0 Å². The van der Waals surface area contributed by atoms with Crippen molar-refractivity contribution >= 4 is 11.6 Å². The molecule has 1 aromatic rings. The summed E-state index contributed by atoms with van der Waals surface area (Å²) < 4.78 is 0. The van der Waals surface area contributed by atoms with Crippen LogP contribution in [0.1, 0.15) is 50.6 Å². The normalized spacial score (nSPS) is 18.5. The summed E-state index contributed by atoms with van der Waals surface area (Å²) in [6.07, 6.45) is 5.53. The predicted molar refractivity (Wildman–Crippen MR) is 88.5 cm³/mol. The van der Waals surface area contributed by atoms with Crippen molar-refractivity contribution in [3.8, 4) is 0 Å². The summed E-state index contributed by atoms with van der Waals surface area (Å²) in [6.45, 7) is 3.28. The van der Waals surface area contributed by atoms with Crippen LogP contribution < -0.4 is 5.73 Å². The van der Waals surface area contributed by atoms with Crippen LogP contribution in [0, 0.1) is 0 Å². The summed E-state index contributed by atoms with van der Waals surface area (Å²) >= 11 is 6.02. The van der Waals surface area contributed by atoms with E-state index in [4.69, 9.17) is 17.3 Å². The summed E-state index contributed by atoms with van der Waals surface area (Å²) in [5.41, 5.74) is 7.67. The second kappa shape index (κ2) is 8.14. The molecule has 2 unspecified atom stereocenters. The fourth-order valence-corrected chi connectivity index (χ4v) is 3.21. The van der Waals surface area contributed by atoms with Crippen LogP contribution in [0.3, 0.4) is 0 Å². The molecule has 0 amide bonds. The minimum Gasteiger partial charge on any atom is -0.396 e. The largest absolute Gasteiger partial charge is 0.396 e. The lowest BCUT2D eigenvalue weighted by Gasteiger charge is -2.45. The molecule has 0 radical (unpaired) electrons. The number of halogens is 1. The Balaban J connectivity index is 2.24. The SMILES string of the molecule is CCC(N)C(c1ccc(Cl)cc1)N(CCCO)C1CCC1. The quantitative estimate of drug-likeness (QED) is 0.774. The van der Waals surface area contributed by atoms with Crippen molar-refractivity contribution in [2.75, 3.05) is 13.2 Å². The first-order valence-electron chi connectivity index (χ1n) is 8.05. The zero-order valence-corrected chi connectivity index (χ0v) is 13.6. The van der Waals surface area contributed by atoms with E-state index in [0.29, 0.717) is 6.04 Å². The van der Waals surface area contributed by atoms with E-state index in [0.717, 1.165) is 24.4 Å². The van der Waals surface area contributed by atoms with Crippen molar-refractivity contribution in [3.63, 3.8) is 0 Å². The lowest BCUT2D eigenvalue weighted by molar-refractivity contribution is 0.0579. The number of hydrogen-bond donors (Lipinski definition) is 2. The highest BCUT2D eigenvalue weighted by atomic mass is 35.5. The Morgan fingerprint density at radius 2 is 2.00 bits per heavy atom. The van der Waals surface area contributed by atoms with Gasteiger partial charge in [-0.05, 0) is 43.4 Å². The van der Waals surface area contributed by atoms with E-state index in [-0.39, 0.29) is 18.7 Å². The van der Waals surface area contributed by atoms with Crippen molar-refractivity contribution in [3.05, 3.63) is 34.9 Å². The number of rotatable bonds is 8. The summed E-state index contributed by atoms with van der Waals surface area (Å²) in [5, 5.41) is 9.95. The summed E-state index contributed by atoms with van der Waals surface area (Å²) in [7, 11) is 0. The second-order valence-corrected chi connectivity index (χ2v) is 6.40. The van der Waals surface area contributed by atoms with Crippen LogP contribution >= 0.6 is 11.6 Å². The van der Waals surface area contributed by atoms with Crippen LogP contribution in [-0.4, -0.2) is 35.2 Å². The Labute approximate surface area is 133 Å². The number of benzene rings is 1. The molecule has 3 N–H and O–H groups in total. The molecule has 3 nitrogen and oxygen atoms in total. The zero-order valence-electron chi connectivity index (χ0n) is 12.8. The first-order valence-corrected chi connectivity index (χ1v) is 8.42. The minimum absolute atomic E-state index is 0.102. The molecule has 1 aromatic carbocycles. The van der Waals surface area contributed by atoms with Crippen LogP contribution in [0.2, 0.25) is 5.02 Å². The summed E-state index contributed by atoms with van der Waals surface area (Å²) in [4.78, 5) is 2.51. The molecule has 0 aromatic heterocycles. The average molecular weight is 311 g/mol. The Morgan fingerprint density at radius 3 is 2.48 bits per heavy atom. The van der Waals surface area contributed by atoms with Gasteiger partial charge in [0, 0.05) is 30.3 Å². The molecule has 1 fully saturated rings. The highest BCUT2D eigenvalue weighted by Gasteiger charge is 2.33. The van der Waals surface area contributed by atoms with E-state index in [1.807, 2.05) is 12.1 Å². The maximum atomic E-state index is 9.20. The van der Waals surface area contributed by atoms with Gasteiger partial charge < -0.3 is 10.8 Å². The number of aliphatic hydroxyl groups is 1. The molecule has 0 heterocycles. The molecule has 0 aliphatic heterocycles. The van der Waals surface area contributed by atoms with Crippen molar-refractivity contribution in [2.45, 2.75) is 57.2 Å². The maximum absolute atomic E-state index is 9.20. The monoisotopic (exact) mass is 310 g/mol. The third-order valence-electron chi connectivity index (χ3n) is 4.56. The zero-order chi connectivity index (χ0) is 15.2. The molecule has 0 saturated heterocycles. The summed E-state index contributed by atoms with van der Waals surface area (Å²) in [6, 6.07) is 8.99. The van der Waals surface area contributed by atoms with Gasteiger partial charge in [-0.25, -0.2) is 0 Å². The first-order chi connectivity index (χ1) is 10.2. The number of aliphatic hydroxyl groups excluding tert-OH is 1. The van der Waals surface area contributed by atoms with Gasteiger partial charge in [0.15, 0.2) is 0 Å². The molecule has 4 heteroatoms. The van der Waals surface area contributed by atoms with Gasteiger partial charge in [0.2, 0.25) is 0 Å². The average Bonchev–Trinajstić information content (AvgIpc) is 2.44. The van der Waals surface area contributed by atoms with Gasteiger partial charge in [0.1, 0.15) is 0 Å². The molecule has 0 spiro atoms. The van der Waals surface area contributed by atoms with Gasteiger partial charge in [0.25, 0.3) is 0 Å². The molecule has 2 rings (SSSR count). The summed E-state index contributed by atoms with van der Waals surface area (Å²) in [5.74, 6) is 0. The third kappa shape index (κ3) is 4.19. The highest BCUT2D eigenvalue weighted by Crippen LogP contribution is 2.35. The lowest BCUT2D eigenvalue weighted by Crippen LogP contribution is -2.49. The van der Waals surface area contributed by atoms with E-state index in [1.165, 1.54) is 24.8 Å². The number of nitrogens with zero attached hydrogens (tertiary/aromatic N) is 1. The van der Waals surface area contributed by atoms with Gasteiger partial charge in [-0.15, -0.1) is 0 Å². The molecule has 1 aliphatic carbocycles. The Hall–Kier alpha value is -0.610. The molecule has 118 valence electrons. The van der Waals surface area contributed by atoms with Gasteiger partial charge in [-0.1, -0.05) is 37.1 Å². The van der Waals surface area contributed by atoms with Crippen LogP contribution in [0.5, 0.6) is 0 Å². The van der Waals surface area contributed by atoms with Crippen molar-refractivity contribution in [1.82, 2.24) is 4.90 Å². The molecule has 21 heavy (non-hydrogen) atoms. The van der Waals surface area contributed by atoms with E-state index in [1.54, 1.807) is 0 Å². The Morgan fingerprint density at radius 1 is 1.33 bits per heavy atom. The molecule has 1 saturated carbocycles. The van der Waals surface area contributed by atoms with E-state index in [9.17, 15) is 5.11 Å². The van der Waals surface area contributed by atoms with Crippen molar-refractivity contribution < 1.29 is 5.11 Å². The number of nitrogens with two attached hydrogens (primary N) is 1. The first kappa shape index (κ1) is 16.8. The van der Waals surface area contributed by atoms with Gasteiger partial charge in [-0.3, -0.25) is 4.90 Å². The van der Waals surface area contributed by atoms with Crippen LogP contribution in [0.4, 0.5) is 0 Å². The Kier molecular flexibility index (Phi) is 6.49. The standard InChI is InChI=1S/C17H27ClN2O/c1-2-16(19)17(13-7-9-14(18)10-8-13)20(11-4-12-21)15-5-3-6-15/h7-10,15-17,21H,2-6,11-12,19H2,1H3. The van der Waals surface area contributed by atoms with Crippen LogP contribution in [0.25, 0.3) is 0 Å². The molecule has 2 atom stereocenters. The van der Waals surface area contributed by atoms with Crippen molar-refractivity contribution in [2.24, 2.45) is 5.73 Å². The van der Waals surface area contributed by atoms with Gasteiger partial charge >= 0.3 is 0 Å². The maximum Gasteiger partial charge on any atom is 0.0502 e. The highest BCUT2D eigenvalue weighted by molar-refractivity contribution is 6.30. The molecular weight excluding hydrogens is 284 g/mol. The lowest BCUT2D eigenvalue weighted by atomic mass is 9.86. The topological polar surface area (TPSA) is 49.5 Å². The molecule has 0 bridgehead atoms. The minimum atomic E-state index is 0.102. The van der Waals surface area contributed by atoms with Crippen molar-refractivity contribution in [1.29, 1.82) is 0 Å². The fraction of sp³-hybridized carbons (Fsp3) is 0.647.